The molecule has 2 fully saturated rings. The van der Waals surface area contributed by atoms with Crippen molar-refractivity contribution in [3.63, 3.8) is 0 Å². The lowest BCUT2D eigenvalue weighted by Crippen LogP contribution is -2.46. The van der Waals surface area contributed by atoms with Gasteiger partial charge in [-0.15, -0.1) is 24.0 Å². The molecule has 2 aliphatic rings. The first-order valence-electron chi connectivity index (χ1n) is 11.3. The Labute approximate surface area is 206 Å². The zero-order valence-corrected chi connectivity index (χ0v) is 22.2. The summed E-state index contributed by atoms with van der Waals surface area (Å²) in [7, 11) is 2.76. The van der Waals surface area contributed by atoms with E-state index in [0.717, 1.165) is 67.3 Å². The molecule has 1 aromatic rings. The first kappa shape index (κ1) is 26.2. The highest BCUT2D eigenvalue weighted by molar-refractivity contribution is 14.0. The van der Waals surface area contributed by atoms with E-state index in [2.05, 4.69) is 27.8 Å². The van der Waals surface area contributed by atoms with Gasteiger partial charge in [-0.1, -0.05) is 19.4 Å². The normalized spacial score (nSPS) is 23.0. The maximum atomic E-state index is 12.2. The average Bonchev–Trinajstić information content (AvgIpc) is 3.29. The van der Waals surface area contributed by atoms with E-state index < -0.39 is 10.8 Å². The largest absolute Gasteiger partial charge is 0.493 e. The summed E-state index contributed by atoms with van der Waals surface area (Å²) in [5.41, 5.74) is 1.13. The predicted molar refractivity (Wildman–Crippen MR) is 139 cm³/mol. The van der Waals surface area contributed by atoms with Crippen molar-refractivity contribution in [3.05, 3.63) is 23.8 Å². The smallest absolute Gasteiger partial charge is 0.191 e. The maximum absolute atomic E-state index is 12.2. The van der Waals surface area contributed by atoms with Gasteiger partial charge in [0.2, 0.25) is 0 Å². The molecule has 176 valence electrons. The molecule has 3 atom stereocenters. The molecule has 0 heterocycles. The minimum Gasteiger partial charge on any atom is -0.493 e. The highest BCUT2D eigenvalue weighted by atomic mass is 127. The number of halogens is 1. The molecule has 0 aliphatic heterocycles. The first-order chi connectivity index (χ1) is 14.6. The fourth-order valence-corrected chi connectivity index (χ4v) is 5.78. The van der Waals surface area contributed by atoms with Gasteiger partial charge >= 0.3 is 0 Å². The molecule has 2 saturated carbocycles. The van der Waals surface area contributed by atoms with Gasteiger partial charge in [0.1, 0.15) is 0 Å². The fourth-order valence-electron chi connectivity index (χ4n) is 4.43. The third-order valence-corrected chi connectivity index (χ3v) is 7.87. The van der Waals surface area contributed by atoms with Crippen molar-refractivity contribution < 1.29 is 13.7 Å². The maximum Gasteiger partial charge on any atom is 0.191 e. The van der Waals surface area contributed by atoms with Gasteiger partial charge in [0.25, 0.3) is 0 Å². The Morgan fingerprint density at radius 3 is 2.61 bits per heavy atom. The molecular formula is C23H38IN3O3S. The van der Waals surface area contributed by atoms with Crippen LogP contribution in [0.25, 0.3) is 0 Å². The molecule has 1 aromatic carbocycles. The van der Waals surface area contributed by atoms with E-state index in [0.29, 0.717) is 23.9 Å². The number of hydrogen-bond donors (Lipinski definition) is 2. The van der Waals surface area contributed by atoms with E-state index in [9.17, 15) is 4.21 Å². The van der Waals surface area contributed by atoms with Crippen LogP contribution >= 0.6 is 24.0 Å². The number of guanidine groups is 1. The minimum atomic E-state index is -0.719. The topological polar surface area (TPSA) is 72.0 Å². The van der Waals surface area contributed by atoms with Gasteiger partial charge in [0.05, 0.1) is 13.2 Å². The Morgan fingerprint density at radius 2 is 1.94 bits per heavy atom. The van der Waals surface area contributed by atoms with Crippen LogP contribution in [0.1, 0.15) is 63.9 Å². The van der Waals surface area contributed by atoms with E-state index in [1.165, 1.54) is 12.8 Å². The van der Waals surface area contributed by atoms with Crippen LogP contribution in [-0.4, -0.2) is 47.5 Å². The van der Waals surface area contributed by atoms with Gasteiger partial charge in [-0.2, -0.15) is 0 Å². The molecular weight excluding hydrogens is 525 g/mol. The number of methoxy groups -OCH3 is 1. The number of benzene rings is 1. The van der Waals surface area contributed by atoms with Crippen LogP contribution in [-0.2, 0) is 17.3 Å². The van der Waals surface area contributed by atoms with Crippen LogP contribution in [0.5, 0.6) is 11.5 Å². The van der Waals surface area contributed by atoms with E-state index in [1.807, 2.05) is 13.0 Å². The summed E-state index contributed by atoms with van der Waals surface area (Å²) in [4.78, 5) is 4.39. The van der Waals surface area contributed by atoms with Gasteiger partial charge in [0, 0.05) is 41.4 Å². The molecule has 3 unspecified atom stereocenters. The Bertz CT molecular complexity index is 741. The summed E-state index contributed by atoms with van der Waals surface area (Å²) in [5, 5.41) is 7.25. The number of aliphatic imine (C=N–C) groups is 1. The summed E-state index contributed by atoms with van der Waals surface area (Å²) in [6.07, 6.45) is 9.24. The van der Waals surface area contributed by atoms with Crippen molar-refractivity contribution in [1.82, 2.24) is 10.6 Å². The second kappa shape index (κ2) is 13.5. The van der Waals surface area contributed by atoms with Crippen molar-refractivity contribution in [2.45, 2.75) is 82.2 Å². The molecule has 0 aromatic heterocycles. The molecule has 8 heteroatoms. The number of nitrogens with zero attached hydrogens (tertiary/aromatic N) is 1. The fraction of sp³-hybridized carbons (Fsp3) is 0.696. The lowest BCUT2D eigenvalue weighted by atomic mass is 9.95. The van der Waals surface area contributed by atoms with Crippen molar-refractivity contribution in [3.8, 4) is 11.5 Å². The highest BCUT2D eigenvalue weighted by Gasteiger charge is 2.26. The summed E-state index contributed by atoms with van der Waals surface area (Å²) in [6, 6.07) is 6.42. The molecule has 31 heavy (non-hydrogen) atoms. The molecule has 0 radical (unpaired) electrons. The summed E-state index contributed by atoms with van der Waals surface area (Å²) >= 11 is 0. The van der Waals surface area contributed by atoms with Crippen LogP contribution in [0, 0.1) is 0 Å². The number of nitrogens with one attached hydrogen (secondary N) is 2. The molecule has 6 nitrogen and oxygen atoms in total. The van der Waals surface area contributed by atoms with Crippen LogP contribution in [0.15, 0.2) is 23.2 Å². The SMILES string of the molecule is CCS(=O)C1CCCC(NC(=NC)NCc2ccc(OC)c(OC3CCCC3)c2)C1.I. The highest BCUT2D eigenvalue weighted by Crippen LogP contribution is 2.32. The zero-order chi connectivity index (χ0) is 21.3. The number of ether oxygens (including phenoxy) is 2. The predicted octanol–water partition coefficient (Wildman–Crippen LogP) is 4.38. The molecule has 3 rings (SSSR count). The van der Waals surface area contributed by atoms with Crippen LogP contribution in [0.4, 0.5) is 0 Å². The van der Waals surface area contributed by atoms with E-state index >= 15 is 0 Å². The third-order valence-electron chi connectivity index (χ3n) is 6.13. The quantitative estimate of drug-likeness (QED) is 0.279. The Hall–Kier alpha value is -1.03. The lowest BCUT2D eigenvalue weighted by molar-refractivity contribution is 0.200. The number of hydrogen-bond acceptors (Lipinski definition) is 4. The van der Waals surface area contributed by atoms with Gasteiger partial charge in [-0.05, 0) is 62.6 Å². The molecule has 0 bridgehead atoms. The van der Waals surface area contributed by atoms with Crippen LogP contribution in [0.2, 0.25) is 0 Å². The Morgan fingerprint density at radius 1 is 1.16 bits per heavy atom. The molecule has 2 aliphatic carbocycles. The second-order valence-electron chi connectivity index (χ2n) is 8.23. The minimum absolute atomic E-state index is 0. The lowest BCUT2D eigenvalue weighted by Gasteiger charge is -2.30. The zero-order valence-electron chi connectivity index (χ0n) is 19.0. The van der Waals surface area contributed by atoms with E-state index in [1.54, 1.807) is 14.2 Å². The first-order valence-corrected chi connectivity index (χ1v) is 12.7. The molecule has 0 amide bonds. The van der Waals surface area contributed by atoms with Crippen molar-refractivity contribution in [2.24, 2.45) is 4.99 Å². The monoisotopic (exact) mass is 563 g/mol. The van der Waals surface area contributed by atoms with Gasteiger partial charge in [-0.25, -0.2) is 0 Å². The van der Waals surface area contributed by atoms with Crippen molar-refractivity contribution in [2.75, 3.05) is 19.9 Å². The average molecular weight is 564 g/mol. The Kier molecular flexibility index (Phi) is 11.4. The summed E-state index contributed by atoms with van der Waals surface area (Å²) in [5.74, 6) is 3.14. The molecule has 2 N–H and O–H groups in total. The summed E-state index contributed by atoms with van der Waals surface area (Å²) in [6.45, 7) is 2.66. The standard InChI is InChI=1S/C23H37N3O3S.HI/c1-4-30(27)20-11-7-8-18(15-20)26-23(24-2)25-16-17-12-13-21(28-3)22(14-17)29-19-9-5-6-10-19;/h12-14,18-20H,4-11,15-16H2,1-3H3,(H2,24,25,26);1H. The summed E-state index contributed by atoms with van der Waals surface area (Å²) < 4.78 is 23.9. The molecule has 0 saturated heterocycles. The van der Waals surface area contributed by atoms with E-state index in [4.69, 9.17) is 9.47 Å². The van der Waals surface area contributed by atoms with Crippen molar-refractivity contribution in [1.29, 1.82) is 0 Å². The number of rotatable bonds is 8. The van der Waals surface area contributed by atoms with Gasteiger partial charge in [0.15, 0.2) is 17.5 Å². The van der Waals surface area contributed by atoms with E-state index in [-0.39, 0.29) is 24.0 Å². The Balaban J connectivity index is 0.00000341. The second-order valence-corrected chi connectivity index (χ2v) is 10.2. The van der Waals surface area contributed by atoms with Crippen LogP contribution in [0.3, 0.4) is 0 Å². The van der Waals surface area contributed by atoms with Gasteiger partial charge < -0.3 is 20.1 Å². The third kappa shape index (κ3) is 7.80. The molecule has 0 spiro atoms. The van der Waals surface area contributed by atoms with Crippen molar-refractivity contribution >= 4 is 40.7 Å². The van der Waals surface area contributed by atoms with Crippen LogP contribution < -0.4 is 20.1 Å². The van der Waals surface area contributed by atoms with Gasteiger partial charge in [-0.3, -0.25) is 9.20 Å².